The molecule has 76 valence electrons. The molecule has 0 aromatic rings. The van der Waals surface area contributed by atoms with E-state index in [2.05, 4.69) is 18.5 Å². The number of aliphatic carboxylic acids is 1. The van der Waals surface area contributed by atoms with Crippen LogP contribution >= 0.6 is 0 Å². The maximum atomic E-state index is 11.1. The molecule has 0 heterocycles. The van der Waals surface area contributed by atoms with Gasteiger partial charge >= 0.3 is 5.97 Å². The number of nitrogens with one attached hydrogen (secondary N) is 1. The predicted octanol–water partition coefficient (Wildman–Crippen LogP) is 1.22. The summed E-state index contributed by atoms with van der Waals surface area (Å²) in [5.74, 6) is -1.34. The minimum Gasteiger partial charge on any atom is -0.481 e. The minimum absolute atomic E-state index is 0.0440. The molecule has 1 amide bonds. The second kappa shape index (κ2) is 6.65. The summed E-state index contributed by atoms with van der Waals surface area (Å²) in [7, 11) is 0. The molecule has 0 aliphatic rings. The summed E-state index contributed by atoms with van der Waals surface area (Å²) in [6.07, 6.45) is 4.32. The van der Waals surface area contributed by atoms with Gasteiger partial charge in [-0.25, -0.2) is 0 Å². The van der Waals surface area contributed by atoms with Crippen molar-refractivity contribution in [3.63, 3.8) is 0 Å². The molecule has 14 heavy (non-hydrogen) atoms. The minimum atomic E-state index is -0.993. The Kier molecular flexibility index (Phi) is 5.78. The van der Waals surface area contributed by atoms with E-state index < -0.39 is 5.97 Å². The largest absolute Gasteiger partial charge is 0.481 e. The normalized spacial score (nSPS) is 10.4. The zero-order chi connectivity index (χ0) is 11.0. The van der Waals surface area contributed by atoms with Gasteiger partial charge in [-0.1, -0.05) is 19.2 Å². The van der Waals surface area contributed by atoms with Gasteiger partial charge in [0.25, 0.3) is 0 Å². The summed E-state index contributed by atoms with van der Waals surface area (Å²) in [5.41, 5.74) is 0.510. The van der Waals surface area contributed by atoms with E-state index in [1.807, 2.05) is 0 Å². The Bertz CT molecular complexity index is 279. The SMILES string of the molecule is C=CC=C(C=C)NC(=O)CCC(=O)O. The van der Waals surface area contributed by atoms with Gasteiger partial charge in [-0.15, -0.1) is 0 Å². The Morgan fingerprint density at radius 3 is 2.36 bits per heavy atom. The Morgan fingerprint density at radius 2 is 1.93 bits per heavy atom. The average Bonchev–Trinajstić information content (AvgIpc) is 2.14. The zero-order valence-corrected chi connectivity index (χ0v) is 7.82. The molecule has 4 nitrogen and oxygen atoms in total. The van der Waals surface area contributed by atoms with Crippen molar-refractivity contribution in [1.82, 2.24) is 5.32 Å². The van der Waals surface area contributed by atoms with Crippen molar-refractivity contribution in [3.8, 4) is 0 Å². The number of allylic oxidation sites excluding steroid dienone is 3. The highest BCUT2D eigenvalue weighted by Gasteiger charge is 2.04. The quantitative estimate of drug-likeness (QED) is 0.626. The fourth-order valence-corrected chi connectivity index (χ4v) is 0.732. The molecular formula is C10H13NO3. The van der Waals surface area contributed by atoms with Gasteiger partial charge in [0.2, 0.25) is 5.91 Å². The summed E-state index contributed by atoms with van der Waals surface area (Å²) in [6.45, 7) is 6.94. The molecule has 0 rings (SSSR count). The molecule has 0 aromatic heterocycles. The number of rotatable bonds is 6. The number of hydrogen-bond donors (Lipinski definition) is 2. The van der Waals surface area contributed by atoms with E-state index in [1.54, 1.807) is 6.08 Å². The van der Waals surface area contributed by atoms with Crippen LogP contribution in [-0.2, 0) is 9.59 Å². The van der Waals surface area contributed by atoms with Crippen LogP contribution in [0.5, 0.6) is 0 Å². The third-order valence-electron chi connectivity index (χ3n) is 1.37. The Balaban J connectivity index is 4.03. The summed E-state index contributed by atoms with van der Waals surface area (Å²) in [6, 6.07) is 0. The van der Waals surface area contributed by atoms with Crippen molar-refractivity contribution >= 4 is 11.9 Å². The lowest BCUT2D eigenvalue weighted by Gasteiger charge is -2.03. The monoisotopic (exact) mass is 195 g/mol. The number of amides is 1. The number of carboxylic acid groups (broad SMARTS) is 1. The van der Waals surface area contributed by atoms with E-state index >= 15 is 0 Å². The van der Waals surface area contributed by atoms with Crippen LogP contribution in [0.3, 0.4) is 0 Å². The molecular weight excluding hydrogens is 182 g/mol. The number of hydrogen-bond acceptors (Lipinski definition) is 2. The van der Waals surface area contributed by atoms with Crippen molar-refractivity contribution in [2.75, 3.05) is 0 Å². The molecule has 0 aromatic carbocycles. The summed E-state index contributed by atoms with van der Waals surface area (Å²) in [4.78, 5) is 21.2. The van der Waals surface area contributed by atoms with Gasteiger partial charge in [0.1, 0.15) is 0 Å². The van der Waals surface area contributed by atoms with Crippen molar-refractivity contribution in [2.45, 2.75) is 12.8 Å². The molecule has 0 radical (unpaired) electrons. The van der Waals surface area contributed by atoms with E-state index in [0.29, 0.717) is 5.70 Å². The maximum absolute atomic E-state index is 11.1. The summed E-state index contributed by atoms with van der Waals surface area (Å²) in [5, 5.41) is 10.8. The van der Waals surface area contributed by atoms with Crippen molar-refractivity contribution in [3.05, 3.63) is 37.1 Å². The molecule has 0 bridgehead atoms. The smallest absolute Gasteiger partial charge is 0.303 e. The van der Waals surface area contributed by atoms with Crippen molar-refractivity contribution in [1.29, 1.82) is 0 Å². The van der Waals surface area contributed by atoms with Crippen LogP contribution in [0.2, 0.25) is 0 Å². The van der Waals surface area contributed by atoms with Gasteiger partial charge < -0.3 is 10.4 Å². The molecule has 0 spiro atoms. The third kappa shape index (κ3) is 5.77. The van der Waals surface area contributed by atoms with E-state index in [1.165, 1.54) is 12.2 Å². The topological polar surface area (TPSA) is 66.4 Å². The van der Waals surface area contributed by atoms with E-state index in [-0.39, 0.29) is 18.7 Å². The lowest BCUT2D eigenvalue weighted by molar-refractivity contribution is -0.138. The molecule has 0 aliphatic heterocycles. The summed E-state index contributed by atoms with van der Waals surface area (Å²) >= 11 is 0. The van der Waals surface area contributed by atoms with E-state index in [9.17, 15) is 9.59 Å². The second-order valence-electron chi connectivity index (χ2n) is 2.50. The molecule has 0 unspecified atom stereocenters. The number of carboxylic acids is 1. The lowest BCUT2D eigenvalue weighted by Crippen LogP contribution is -2.22. The van der Waals surface area contributed by atoms with Crippen LogP contribution in [0.15, 0.2) is 37.1 Å². The molecule has 4 heteroatoms. The first-order valence-corrected chi connectivity index (χ1v) is 4.07. The van der Waals surface area contributed by atoms with Crippen LogP contribution in [-0.4, -0.2) is 17.0 Å². The third-order valence-corrected chi connectivity index (χ3v) is 1.37. The van der Waals surface area contributed by atoms with Gasteiger partial charge in [0.15, 0.2) is 0 Å². The van der Waals surface area contributed by atoms with Crippen LogP contribution < -0.4 is 5.32 Å². The molecule has 0 saturated heterocycles. The van der Waals surface area contributed by atoms with E-state index in [0.717, 1.165) is 0 Å². The first-order valence-electron chi connectivity index (χ1n) is 4.07. The fourth-order valence-electron chi connectivity index (χ4n) is 0.732. The fraction of sp³-hybridized carbons (Fsp3) is 0.200. The predicted molar refractivity (Wildman–Crippen MR) is 53.5 cm³/mol. The second-order valence-corrected chi connectivity index (χ2v) is 2.50. The van der Waals surface area contributed by atoms with Crippen LogP contribution in [0, 0.1) is 0 Å². The van der Waals surface area contributed by atoms with Gasteiger partial charge in [0.05, 0.1) is 6.42 Å². The molecule has 2 N–H and O–H groups in total. The van der Waals surface area contributed by atoms with Gasteiger partial charge in [-0.05, 0) is 12.2 Å². The Labute approximate surface area is 82.6 Å². The molecule has 0 aliphatic carbocycles. The summed E-state index contributed by atoms with van der Waals surface area (Å²) < 4.78 is 0. The Morgan fingerprint density at radius 1 is 1.29 bits per heavy atom. The van der Waals surface area contributed by atoms with Crippen LogP contribution in [0.25, 0.3) is 0 Å². The molecule has 0 atom stereocenters. The molecule has 0 fully saturated rings. The molecule has 0 saturated carbocycles. The van der Waals surface area contributed by atoms with Crippen molar-refractivity contribution < 1.29 is 14.7 Å². The average molecular weight is 195 g/mol. The van der Waals surface area contributed by atoms with E-state index in [4.69, 9.17) is 5.11 Å². The first kappa shape index (κ1) is 12.2. The number of carbonyl (C=O) groups is 2. The van der Waals surface area contributed by atoms with Gasteiger partial charge in [-0.2, -0.15) is 0 Å². The van der Waals surface area contributed by atoms with Crippen LogP contribution in [0.1, 0.15) is 12.8 Å². The highest BCUT2D eigenvalue weighted by Crippen LogP contribution is 1.94. The standard InChI is InChI=1S/C10H13NO3/c1-3-5-8(4-2)11-9(12)6-7-10(13)14/h3-5H,1-2,6-7H2,(H,11,12)(H,13,14). The van der Waals surface area contributed by atoms with Crippen LogP contribution in [0.4, 0.5) is 0 Å². The lowest BCUT2D eigenvalue weighted by atomic mass is 10.3. The first-order chi connectivity index (χ1) is 6.60. The zero-order valence-electron chi connectivity index (χ0n) is 7.82. The van der Waals surface area contributed by atoms with Gasteiger partial charge in [0, 0.05) is 12.1 Å². The number of carbonyl (C=O) groups excluding carboxylic acids is 1. The maximum Gasteiger partial charge on any atom is 0.303 e. The van der Waals surface area contributed by atoms with Crippen molar-refractivity contribution in [2.24, 2.45) is 0 Å². The Hall–Kier alpha value is -1.84. The highest BCUT2D eigenvalue weighted by molar-refractivity contribution is 5.82. The van der Waals surface area contributed by atoms with Gasteiger partial charge in [-0.3, -0.25) is 9.59 Å². The highest BCUT2D eigenvalue weighted by atomic mass is 16.4.